The third-order valence-electron chi connectivity index (χ3n) is 8.03. The largest absolute Gasteiger partial charge is 0.392 e. The molecule has 5 nitrogen and oxygen atoms in total. The van der Waals surface area contributed by atoms with Crippen LogP contribution in [-0.2, 0) is 10.2 Å². The minimum atomic E-state index is -0.895. The van der Waals surface area contributed by atoms with Crippen molar-refractivity contribution in [2.24, 2.45) is 11.8 Å². The van der Waals surface area contributed by atoms with Gasteiger partial charge >= 0.3 is 0 Å². The Hall–Kier alpha value is -1.69. The van der Waals surface area contributed by atoms with E-state index in [1.165, 1.54) is 11.1 Å². The van der Waals surface area contributed by atoms with Crippen LogP contribution in [0.5, 0.6) is 0 Å². The lowest BCUT2D eigenvalue weighted by atomic mass is 9.52. The summed E-state index contributed by atoms with van der Waals surface area (Å²) in [6.45, 7) is 1.62. The minimum absolute atomic E-state index is 0.0392. The van der Waals surface area contributed by atoms with Crippen molar-refractivity contribution >= 4 is 11.6 Å². The van der Waals surface area contributed by atoms with Gasteiger partial charge in [0.05, 0.1) is 18.1 Å². The van der Waals surface area contributed by atoms with Gasteiger partial charge in [-0.25, -0.2) is 0 Å². The maximum Gasteiger partial charge on any atom is 0.227 e. The standard InChI is InChI=1S/C21H24N2O3/c24-10-7-13-12-22-9-8-20-16-3-1-2-4-17(16)23-18(25)6-5-14(19(20)23)15(13)11-21(20,22)26/h1-4,7,14-15,19,24,26H,5-6,8-12H2/b13-7-/t14-,15+,19+,20+,21-/m1/s1. The third kappa shape index (κ3) is 1.46. The van der Waals surface area contributed by atoms with Crippen LogP contribution in [0.2, 0.25) is 0 Å². The maximum absolute atomic E-state index is 12.9. The molecule has 4 heterocycles. The van der Waals surface area contributed by atoms with Crippen LogP contribution in [0.3, 0.4) is 0 Å². The van der Waals surface area contributed by atoms with Crippen LogP contribution < -0.4 is 4.90 Å². The van der Waals surface area contributed by atoms with E-state index in [0.29, 0.717) is 12.3 Å². The van der Waals surface area contributed by atoms with Gasteiger partial charge < -0.3 is 15.1 Å². The molecule has 1 aromatic rings. The predicted molar refractivity (Wildman–Crippen MR) is 96.5 cm³/mol. The molecule has 3 saturated heterocycles. The molecule has 6 rings (SSSR count). The highest BCUT2D eigenvalue weighted by molar-refractivity contribution is 5.98. The number of benzene rings is 1. The number of aliphatic hydroxyl groups is 2. The molecule has 0 radical (unpaired) electrons. The first-order valence-corrected chi connectivity index (χ1v) is 9.80. The Morgan fingerprint density at radius 1 is 1.31 bits per heavy atom. The topological polar surface area (TPSA) is 64.0 Å². The van der Waals surface area contributed by atoms with E-state index in [9.17, 15) is 15.0 Å². The van der Waals surface area contributed by atoms with Crippen LogP contribution in [-0.4, -0.2) is 52.5 Å². The maximum atomic E-state index is 12.9. The fourth-order valence-corrected chi connectivity index (χ4v) is 7.20. The molecule has 1 aliphatic carbocycles. The highest BCUT2D eigenvalue weighted by Gasteiger charge is 2.75. The normalized spacial score (nSPS) is 44.4. The average molecular weight is 352 g/mol. The van der Waals surface area contributed by atoms with Gasteiger partial charge in [0.1, 0.15) is 5.72 Å². The van der Waals surface area contributed by atoms with Gasteiger partial charge in [0.2, 0.25) is 5.91 Å². The van der Waals surface area contributed by atoms with Gasteiger partial charge in [0.15, 0.2) is 0 Å². The van der Waals surface area contributed by atoms with Crippen molar-refractivity contribution in [3.05, 3.63) is 41.5 Å². The smallest absolute Gasteiger partial charge is 0.227 e. The molecule has 5 aliphatic rings. The number of hydrogen-bond acceptors (Lipinski definition) is 4. The second-order valence-corrected chi connectivity index (χ2v) is 8.66. The highest BCUT2D eigenvalue weighted by Crippen LogP contribution is 2.68. The van der Waals surface area contributed by atoms with E-state index in [0.717, 1.165) is 38.0 Å². The highest BCUT2D eigenvalue weighted by atomic mass is 16.3. The van der Waals surface area contributed by atoms with Crippen molar-refractivity contribution in [3.8, 4) is 0 Å². The van der Waals surface area contributed by atoms with E-state index in [1.807, 2.05) is 23.1 Å². The lowest BCUT2D eigenvalue weighted by molar-refractivity contribution is -0.186. The van der Waals surface area contributed by atoms with Crippen LogP contribution in [0.25, 0.3) is 0 Å². The number of rotatable bonds is 1. The number of amides is 1. The summed E-state index contributed by atoms with van der Waals surface area (Å²) in [6.07, 6.45) is 5.02. The van der Waals surface area contributed by atoms with E-state index in [4.69, 9.17) is 0 Å². The van der Waals surface area contributed by atoms with Gasteiger partial charge in [-0.2, -0.15) is 0 Å². The first-order valence-electron chi connectivity index (χ1n) is 9.80. The first-order chi connectivity index (χ1) is 12.6. The molecular weight excluding hydrogens is 328 g/mol. The first kappa shape index (κ1) is 15.4. The van der Waals surface area contributed by atoms with Crippen LogP contribution in [0.15, 0.2) is 35.9 Å². The van der Waals surface area contributed by atoms with Gasteiger partial charge in [0.25, 0.3) is 0 Å². The van der Waals surface area contributed by atoms with Crippen molar-refractivity contribution in [2.75, 3.05) is 24.6 Å². The number of carbonyl (C=O) groups is 1. The third-order valence-corrected chi connectivity index (χ3v) is 8.03. The van der Waals surface area contributed by atoms with E-state index < -0.39 is 5.72 Å². The lowest BCUT2D eigenvalue weighted by Gasteiger charge is -2.61. The van der Waals surface area contributed by atoms with Crippen molar-refractivity contribution in [2.45, 2.75) is 42.9 Å². The molecule has 0 aromatic heterocycles. The number of para-hydroxylation sites is 1. The number of piperidine rings is 2. The summed E-state index contributed by atoms with van der Waals surface area (Å²) in [4.78, 5) is 17.2. The zero-order valence-electron chi connectivity index (χ0n) is 14.8. The molecule has 5 heteroatoms. The summed E-state index contributed by atoms with van der Waals surface area (Å²) in [7, 11) is 0. The average Bonchev–Trinajstić information content (AvgIpc) is 3.13. The molecule has 1 spiro atoms. The van der Waals surface area contributed by atoms with Crippen molar-refractivity contribution in [1.29, 1.82) is 0 Å². The predicted octanol–water partition coefficient (Wildman–Crippen LogP) is 1.40. The van der Waals surface area contributed by atoms with Crippen molar-refractivity contribution in [1.82, 2.24) is 4.90 Å². The molecule has 26 heavy (non-hydrogen) atoms. The Morgan fingerprint density at radius 2 is 2.15 bits per heavy atom. The summed E-state index contributed by atoms with van der Waals surface area (Å²) >= 11 is 0. The van der Waals surface area contributed by atoms with Crippen LogP contribution in [0.4, 0.5) is 5.69 Å². The van der Waals surface area contributed by atoms with Gasteiger partial charge in [-0.15, -0.1) is 0 Å². The number of nitrogens with zero attached hydrogens (tertiary/aromatic N) is 2. The van der Waals surface area contributed by atoms with Gasteiger partial charge in [-0.3, -0.25) is 9.69 Å². The van der Waals surface area contributed by atoms with Crippen LogP contribution in [0, 0.1) is 11.8 Å². The Balaban J connectivity index is 1.64. The Labute approximate surface area is 152 Å². The van der Waals surface area contributed by atoms with E-state index in [-0.39, 0.29) is 29.9 Å². The van der Waals surface area contributed by atoms with E-state index >= 15 is 0 Å². The van der Waals surface area contributed by atoms with Crippen molar-refractivity contribution in [3.63, 3.8) is 0 Å². The zero-order valence-corrected chi connectivity index (χ0v) is 14.8. The Morgan fingerprint density at radius 3 is 3.00 bits per heavy atom. The van der Waals surface area contributed by atoms with Crippen LogP contribution >= 0.6 is 0 Å². The minimum Gasteiger partial charge on any atom is -0.392 e. The number of carbonyl (C=O) groups excluding carboxylic acids is 1. The monoisotopic (exact) mass is 352 g/mol. The molecule has 4 fully saturated rings. The SMILES string of the molecule is O=C1CC[C@H]2[C@@H]3N1c1ccccc1[C@@]31CCN3C/C(=C/CO)[C@@H]2C[C@]31O. The summed E-state index contributed by atoms with van der Waals surface area (Å²) in [6, 6.07) is 8.28. The van der Waals surface area contributed by atoms with Gasteiger partial charge in [-0.05, 0) is 42.7 Å². The van der Waals surface area contributed by atoms with Crippen LogP contribution in [0.1, 0.15) is 31.2 Å². The molecular formula is C21H24N2O3. The molecule has 2 bridgehead atoms. The van der Waals surface area contributed by atoms with Gasteiger partial charge in [0, 0.05) is 25.2 Å². The number of fused-ring (bicyclic) bond motifs is 4. The molecule has 136 valence electrons. The molecule has 1 aromatic carbocycles. The molecule has 0 unspecified atom stereocenters. The Bertz CT molecular complexity index is 851. The fraction of sp³-hybridized carbons (Fsp3) is 0.571. The summed E-state index contributed by atoms with van der Waals surface area (Å²) in [5.74, 6) is 0.813. The molecule has 1 saturated carbocycles. The van der Waals surface area contributed by atoms with Crippen molar-refractivity contribution < 1.29 is 15.0 Å². The summed E-state index contributed by atoms with van der Waals surface area (Å²) in [5.41, 5.74) is 2.17. The summed E-state index contributed by atoms with van der Waals surface area (Å²) < 4.78 is 0. The number of anilines is 1. The number of hydrogen-bond donors (Lipinski definition) is 2. The van der Waals surface area contributed by atoms with E-state index in [2.05, 4.69) is 17.0 Å². The number of aliphatic hydroxyl groups excluding tert-OH is 1. The molecule has 5 atom stereocenters. The quantitative estimate of drug-likeness (QED) is 0.750. The zero-order chi connectivity index (χ0) is 17.7. The molecule has 4 aliphatic heterocycles. The van der Waals surface area contributed by atoms with E-state index in [1.54, 1.807) is 0 Å². The second kappa shape index (κ2) is 4.77. The second-order valence-electron chi connectivity index (χ2n) is 8.66. The lowest BCUT2D eigenvalue weighted by Crippen LogP contribution is -2.72. The fourth-order valence-electron chi connectivity index (χ4n) is 7.20. The Kier molecular flexibility index (Phi) is 2.82. The summed E-state index contributed by atoms with van der Waals surface area (Å²) in [5, 5.41) is 21.6. The molecule has 2 N–H and O–H groups in total. The molecule has 1 amide bonds. The van der Waals surface area contributed by atoms with Gasteiger partial charge in [-0.1, -0.05) is 29.8 Å².